The number of carboxylic acids is 1. The van der Waals surface area contributed by atoms with Crippen molar-refractivity contribution in [3.8, 4) is 0 Å². The molecular formula is C11H14N4O2. The van der Waals surface area contributed by atoms with Gasteiger partial charge in [-0.15, -0.1) is 0 Å². The molecule has 6 heteroatoms. The second-order valence-corrected chi connectivity index (χ2v) is 4.10. The molecule has 0 amide bonds. The van der Waals surface area contributed by atoms with Crippen molar-refractivity contribution in [2.24, 2.45) is 10.8 Å². The van der Waals surface area contributed by atoms with Gasteiger partial charge in [-0.05, 0) is 23.6 Å². The summed E-state index contributed by atoms with van der Waals surface area (Å²) in [6.45, 7) is 1.76. The van der Waals surface area contributed by atoms with Gasteiger partial charge in [0.15, 0.2) is 0 Å². The van der Waals surface area contributed by atoms with Crippen LogP contribution in [0.5, 0.6) is 0 Å². The third-order valence-electron chi connectivity index (χ3n) is 2.40. The molecule has 0 radical (unpaired) electrons. The number of carbonyl (C=O) groups is 1. The summed E-state index contributed by atoms with van der Waals surface area (Å²) in [5.41, 5.74) is 14.3. The lowest BCUT2D eigenvalue weighted by Gasteiger charge is -2.19. The SMILES string of the molecule is CC(N)(Cc1ccc(CN=[N+]=[N-])cc1)C(=O)O. The molecule has 17 heavy (non-hydrogen) atoms. The van der Waals surface area contributed by atoms with Gasteiger partial charge in [0.25, 0.3) is 0 Å². The first-order valence-corrected chi connectivity index (χ1v) is 5.06. The number of benzene rings is 1. The first-order chi connectivity index (χ1) is 7.95. The number of azide groups is 1. The highest BCUT2D eigenvalue weighted by Gasteiger charge is 2.27. The average molecular weight is 234 g/mol. The minimum Gasteiger partial charge on any atom is -0.480 e. The Morgan fingerprint density at radius 1 is 1.47 bits per heavy atom. The van der Waals surface area contributed by atoms with Crippen LogP contribution in [0.15, 0.2) is 29.4 Å². The molecule has 0 bridgehead atoms. The van der Waals surface area contributed by atoms with Crippen LogP contribution in [0.1, 0.15) is 18.1 Å². The Balaban J connectivity index is 2.75. The smallest absolute Gasteiger partial charge is 0.323 e. The molecule has 0 aliphatic heterocycles. The van der Waals surface area contributed by atoms with Gasteiger partial charge in [-0.25, -0.2) is 0 Å². The van der Waals surface area contributed by atoms with Gasteiger partial charge >= 0.3 is 5.97 Å². The molecule has 3 N–H and O–H groups in total. The van der Waals surface area contributed by atoms with Gasteiger partial charge in [0, 0.05) is 11.3 Å². The fourth-order valence-electron chi connectivity index (χ4n) is 1.38. The maximum Gasteiger partial charge on any atom is 0.323 e. The first-order valence-electron chi connectivity index (χ1n) is 5.06. The Morgan fingerprint density at radius 2 is 2.00 bits per heavy atom. The van der Waals surface area contributed by atoms with E-state index in [0.717, 1.165) is 11.1 Å². The van der Waals surface area contributed by atoms with E-state index in [4.69, 9.17) is 16.4 Å². The Morgan fingerprint density at radius 3 is 2.47 bits per heavy atom. The number of carboxylic acid groups (broad SMARTS) is 1. The monoisotopic (exact) mass is 234 g/mol. The lowest BCUT2D eigenvalue weighted by Crippen LogP contribution is -2.46. The molecule has 0 aromatic heterocycles. The van der Waals surface area contributed by atoms with Crippen LogP contribution in [-0.2, 0) is 17.8 Å². The van der Waals surface area contributed by atoms with E-state index >= 15 is 0 Å². The normalized spacial score (nSPS) is 13.5. The maximum atomic E-state index is 10.9. The van der Waals surface area contributed by atoms with E-state index in [2.05, 4.69) is 10.0 Å². The molecule has 0 saturated heterocycles. The summed E-state index contributed by atoms with van der Waals surface area (Å²) in [6, 6.07) is 7.16. The second kappa shape index (κ2) is 5.34. The maximum absolute atomic E-state index is 10.9. The third kappa shape index (κ3) is 3.79. The van der Waals surface area contributed by atoms with Crippen LogP contribution < -0.4 is 5.73 Å². The van der Waals surface area contributed by atoms with Gasteiger partial charge in [-0.2, -0.15) is 0 Å². The third-order valence-corrected chi connectivity index (χ3v) is 2.40. The Bertz CT molecular complexity index is 447. The molecule has 90 valence electrons. The molecule has 0 fully saturated rings. The molecule has 1 rings (SSSR count). The Labute approximate surface area is 98.7 Å². The van der Waals surface area contributed by atoms with Crippen LogP contribution in [0.2, 0.25) is 0 Å². The molecule has 1 atom stereocenters. The van der Waals surface area contributed by atoms with E-state index in [1.54, 1.807) is 24.3 Å². The van der Waals surface area contributed by atoms with Crippen molar-refractivity contribution in [1.29, 1.82) is 0 Å². The van der Waals surface area contributed by atoms with Crippen molar-refractivity contribution >= 4 is 5.97 Å². The van der Waals surface area contributed by atoms with Crippen LogP contribution >= 0.6 is 0 Å². The highest BCUT2D eigenvalue weighted by molar-refractivity contribution is 5.78. The summed E-state index contributed by atoms with van der Waals surface area (Å²) in [5, 5.41) is 12.3. The standard InChI is InChI=1S/C11H14N4O2/c1-11(12,10(16)17)6-8-2-4-9(5-3-8)7-14-15-13/h2-5H,6-7,12H2,1H3,(H,16,17). The predicted molar refractivity (Wildman–Crippen MR) is 63.2 cm³/mol. The van der Waals surface area contributed by atoms with Gasteiger partial charge in [-0.3, -0.25) is 4.79 Å². The zero-order valence-electron chi connectivity index (χ0n) is 9.50. The van der Waals surface area contributed by atoms with Gasteiger partial charge in [-0.1, -0.05) is 29.4 Å². The van der Waals surface area contributed by atoms with Gasteiger partial charge in [0.1, 0.15) is 5.54 Å². The van der Waals surface area contributed by atoms with Crippen molar-refractivity contribution < 1.29 is 9.90 Å². The highest BCUT2D eigenvalue weighted by Crippen LogP contribution is 2.13. The summed E-state index contributed by atoms with van der Waals surface area (Å²) < 4.78 is 0. The molecule has 6 nitrogen and oxygen atoms in total. The number of rotatable bonds is 5. The molecule has 1 unspecified atom stereocenters. The van der Waals surface area contributed by atoms with Crippen LogP contribution in [0.3, 0.4) is 0 Å². The molecule has 1 aromatic rings. The minimum absolute atomic E-state index is 0.254. The quantitative estimate of drug-likeness (QED) is 0.460. The van der Waals surface area contributed by atoms with Gasteiger partial charge in [0.2, 0.25) is 0 Å². The lowest BCUT2D eigenvalue weighted by molar-refractivity contribution is -0.142. The predicted octanol–water partition coefficient (Wildman–Crippen LogP) is 1.84. The van der Waals surface area contributed by atoms with Crippen molar-refractivity contribution in [2.75, 3.05) is 0 Å². The topological polar surface area (TPSA) is 112 Å². The van der Waals surface area contributed by atoms with Crippen molar-refractivity contribution in [3.05, 3.63) is 45.8 Å². The largest absolute Gasteiger partial charge is 0.480 e. The fourth-order valence-corrected chi connectivity index (χ4v) is 1.38. The number of nitrogens with zero attached hydrogens (tertiary/aromatic N) is 3. The van der Waals surface area contributed by atoms with Crippen LogP contribution in [0.4, 0.5) is 0 Å². The van der Waals surface area contributed by atoms with Crippen molar-refractivity contribution in [1.82, 2.24) is 0 Å². The second-order valence-electron chi connectivity index (χ2n) is 4.10. The van der Waals surface area contributed by atoms with E-state index in [9.17, 15) is 4.79 Å². The van der Waals surface area contributed by atoms with Crippen molar-refractivity contribution in [3.63, 3.8) is 0 Å². The highest BCUT2D eigenvalue weighted by atomic mass is 16.4. The van der Waals surface area contributed by atoms with E-state index in [0.29, 0.717) is 0 Å². The summed E-state index contributed by atoms with van der Waals surface area (Å²) in [4.78, 5) is 13.5. The number of hydrogen-bond acceptors (Lipinski definition) is 3. The van der Waals surface area contributed by atoms with E-state index in [1.807, 2.05) is 0 Å². The van der Waals surface area contributed by atoms with E-state index in [1.165, 1.54) is 6.92 Å². The minimum atomic E-state index is -1.27. The number of nitrogens with two attached hydrogens (primary N) is 1. The molecular weight excluding hydrogens is 220 g/mol. The molecule has 0 aliphatic rings. The summed E-state index contributed by atoms with van der Waals surface area (Å²) >= 11 is 0. The molecule has 1 aromatic carbocycles. The molecule has 0 heterocycles. The van der Waals surface area contributed by atoms with E-state index in [-0.39, 0.29) is 13.0 Å². The Hall–Kier alpha value is -2.04. The molecule has 0 spiro atoms. The van der Waals surface area contributed by atoms with Crippen LogP contribution in [-0.4, -0.2) is 16.6 Å². The lowest BCUT2D eigenvalue weighted by atomic mass is 9.94. The average Bonchev–Trinajstić information content (AvgIpc) is 2.27. The zero-order chi connectivity index (χ0) is 12.9. The van der Waals surface area contributed by atoms with Gasteiger partial charge < -0.3 is 10.8 Å². The first kappa shape index (κ1) is 13.0. The summed E-state index contributed by atoms with van der Waals surface area (Å²) in [6.07, 6.45) is 0.254. The fraction of sp³-hybridized carbons (Fsp3) is 0.364. The van der Waals surface area contributed by atoms with Crippen LogP contribution in [0, 0.1) is 0 Å². The summed E-state index contributed by atoms with van der Waals surface area (Å²) in [5.74, 6) is -1.03. The number of aliphatic carboxylic acids is 1. The Kier molecular flexibility index (Phi) is 4.09. The van der Waals surface area contributed by atoms with Crippen LogP contribution in [0.25, 0.3) is 10.4 Å². The van der Waals surface area contributed by atoms with Crippen molar-refractivity contribution in [2.45, 2.75) is 25.4 Å². The number of hydrogen-bond donors (Lipinski definition) is 2. The molecule has 0 aliphatic carbocycles. The van der Waals surface area contributed by atoms with E-state index < -0.39 is 11.5 Å². The zero-order valence-corrected chi connectivity index (χ0v) is 9.50. The summed E-state index contributed by atoms with van der Waals surface area (Å²) in [7, 11) is 0. The van der Waals surface area contributed by atoms with Gasteiger partial charge in [0.05, 0.1) is 6.54 Å². The molecule has 0 saturated carbocycles.